The molecule has 2 aromatic carbocycles. The van der Waals surface area contributed by atoms with Gasteiger partial charge in [-0.1, -0.05) is 36.0 Å². The van der Waals surface area contributed by atoms with Crippen LogP contribution in [0.3, 0.4) is 0 Å². The standard InChI is InChI=1S/C23H21N5O2S/c29-22(15-31-23-25-19-8-1-2-9-20(19)30-23)24-17-7-5-6-16(14-17)18-10-11-21(27-26-18)28-12-3-4-13-28/h1-2,5-11,14H,3-4,12-13,15H2,(H,24,29). The maximum Gasteiger partial charge on any atom is 0.257 e. The molecule has 0 spiro atoms. The second-order valence-corrected chi connectivity index (χ2v) is 8.26. The van der Waals surface area contributed by atoms with Crippen molar-refractivity contribution in [1.29, 1.82) is 0 Å². The maximum absolute atomic E-state index is 12.4. The van der Waals surface area contributed by atoms with Gasteiger partial charge in [-0.25, -0.2) is 4.98 Å². The minimum absolute atomic E-state index is 0.125. The van der Waals surface area contributed by atoms with Crippen LogP contribution in [0.15, 0.2) is 70.3 Å². The number of nitrogens with one attached hydrogen (secondary N) is 1. The number of amides is 1. The van der Waals surface area contributed by atoms with Crippen molar-refractivity contribution < 1.29 is 9.21 Å². The highest BCUT2D eigenvalue weighted by molar-refractivity contribution is 7.99. The molecule has 1 N–H and O–H groups in total. The van der Waals surface area contributed by atoms with E-state index in [-0.39, 0.29) is 11.7 Å². The summed E-state index contributed by atoms with van der Waals surface area (Å²) in [4.78, 5) is 19.0. The summed E-state index contributed by atoms with van der Waals surface area (Å²) in [7, 11) is 0. The van der Waals surface area contributed by atoms with E-state index in [1.54, 1.807) is 0 Å². The second kappa shape index (κ2) is 8.77. The molecule has 0 saturated carbocycles. The molecule has 1 amide bonds. The predicted octanol–water partition coefficient (Wildman–Crippen LogP) is 4.62. The van der Waals surface area contributed by atoms with Crippen LogP contribution in [0.25, 0.3) is 22.4 Å². The third-order valence-electron chi connectivity index (χ3n) is 5.12. The Bertz CT molecular complexity index is 1170. The normalized spacial score (nSPS) is 13.6. The van der Waals surface area contributed by atoms with Gasteiger partial charge in [-0.2, -0.15) is 0 Å². The molecule has 0 radical (unpaired) electrons. The molecule has 7 nitrogen and oxygen atoms in total. The highest BCUT2D eigenvalue weighted by Crippen LogP contribution is 2.25. The Labute approximate surface area is 183 Å². The Morgan fingerprint density at radius 3 is 2.71 bits per heavy atom. The lowest BCUT2D eigenvalue weighted by molar-refractivity contribution is -0.113. The number of thioether (sulfide) groups is 1. The number of hydrogen-bond donors (Lipinski definition) is 1. The Morgan fingerprint density at radius 2 is 1.90 bits per heavy atom. The summed E-state index contributed by atoms with van der Waals surface area (Å²) in [5.41, 5.74) is 3.90. The smallest absolute Gasteiger partial charge is 0.257 e. The molecular formula is C23H21N5O2S. The van der Waals surface area contributed by atoms with Gasteiger partial charge in [0.25, 0.3) is 5.22 Å². The van der Waals surface area contributed by atoms with E-state index in [4.69, 9.17) is 4.42 Å². The van der Waals surface area contributed by atoms with Crippen LogP contribution in [0.2, 0.25) is 0 Å². The fourth-order valence-corrected chi connectivity index (χ4v) is 4.23. The van der Waals surface area contributed by atoms with Crippen molar-refractivity contribution in [3.8, 4) is 11.3 Å². The number of carbonyl (C=O) groups is 1. The van der Waals surface area contributed by atoms with E-state index in [0.29, 0.717) is 10.9 Å². The lowest BCUT2D eigenvalue weighted by Crippen LogP contribution is -2.19. The molecule has 0 bridgehead atoms. The zero-order valence-corrected chi connectivity index (χ0v) is 17.6. The van der Waals surface area contributed by atoms with Crippen LogP contribution in [0, 0.1) is 0 Å². The van der Waals surface area contributed by atoms with E-state index < -0.39 is 0 Å². The third-order valence-corrected chi connectivity index (χ3v) is 5.95. The van der Waals surface area contributed by atoms with Gasteiger partial charge in [0, 0.05) is 24.3 Å². The number of hydrogen-bond acceptors (Lipinski definition) is 7. The summed E-state index contributed by atoms with van der Waals surface area (Å²) in [6.07, 6.45) is 2.41. The average molecular weight is 432 g/mol. The van der Waals surface area contributed by atoms with Crippen LogP contribution in [0.1, 0.15) is 12.8 Å². The molecule has 1 saturated heterocycles. The van der Waals surface area contributed by atoms with E-state index in [1.807, 2.05) is 60.7 Å². The molecule has 0 unspecified atom stereocenters. The van der Waals surface area contributed by atoms with Crippen LogP contribution in [-0.4, -0.2) is 39.9 Å². The molecule has 31 heavy (non-hydrogen) atoms. The molecule has 5 rings (SSSR count). The molecular weight excluding hydrogens is 410 g/mol. The lowest BCUT2D eigenvalue weighted by Gasteiger charge is -2.15. The first-order valence-corrected chi connectivity index (χ1v) is 11.2. The van der Waals surface area contributed by atoms with E-state index in [2.05, 4.69) is 25.4 Å². The van der Waals surface area contributed by atoms with Gasteiger partial charge in [0.1, 0.15) is 5.52 Å². The number of anilines is 2. The molecule has 8 heteroatoms. The van der Waals surface area contributed by atoms with Gasteiger partial charge in [-0.15, -0.1) is 10.2 Å². The van der Waals surface area contributed by atoms with Gasteiger partial charge in [0.15, 0.2) is 11.4 Å². The number of nitrogens with zero attached hydrogens (tertiary/aromatic N) is 4. The van der Waals surface area contributed by atoms with Crippen molar-refractivity contribution in [1.82, 2.24) is 15.2 Å². The molecule has 0 atom stereocenters. The molecule has 1 aliphatic rings. The highest BCUT2D eigenvalue weighted by atomic mass is 32.2. The van der Waals surface area contributed by atoms with Crippen molar-refractivity contribution in [2.45, 2.75) is 18.1 Å². The Kier molecular flexibility index (Phi) is 5.54. The molecule has 1 fully saturated rings. The summed E-state index contributed by atoms with van der Waals surface area (Å²) in [6.45, 7) is 2.08. The summed E-state index contributed by atoms with van der Waals surface area (Å²) in [6, 6.07) is 19.2. The monoisotopic (exact) mass is 431 g/mol. The average Bonchev–Trinajstić information content (AvgIpc) is 3.48. The van der Waals surface area contributed by atoms with E-state index >= 15 is 0 Å². The molecule has 4 aromatic rings. The minimum Gasteiger partial charge on any atom is -0.431 e. The number of oxazole rings is 1. The van der Waals surface area contributed by atoms with Crippen LogP contribution in [-0.2, 0) is 4.79 Å². The molecule has 0 aliphatic carbocycles. The van der Waals surface area contributed by atoms with Gasteiger partial charge in [-0.05, 0) is 49.2 Å². The fraction of sp³-hybridized carbons (Fsp3) is 0.217. The van der Waals surface area contributed by atoms with Crippen molar-refractivity contribution in [2.75, 3.05) is 29.1 Å². The first kappa shape index (κ1) is 19.6. The molecule has 156 valence electrons. The zero-order chi connectivity index (χ0) is 21.0. The number of para-hydroxylation sites is 2. The number of carbonyl (C=O) groups excluding carboxylic acids is 1. The third kappa shape index (κ3) is 4.54. The number of benzene rings is 2. The molecule has 1 aliphatic heterocycles. The topological polar surface area (TPSA) is 84.2 Å². The van der Waals surface area contributed by atoms with Crippen LogP contribution in [0.5, 0.6) is 0 Å². The number of rotatable bonds is 6. The summed E-state index contributed by atoms with van der Waals surface area (Å²) in [5, 5.41) is 12.2. The SMILES string of the molecule is O=C(CSc1nc2ccccc2o1)Nc1cccc(-c2ccc(N3CCCC3)nn2)c1. The largest absolute Gasteiger partial charge is 0.431 e. The zero-order valence-electron chi connectivity index (χ0n) is 16.8. The van der Waals surface area contributed by atoms with Crippen molar-refractivity contribution in [3.63, 3.8) is 0 Å². The minimum atomic E-state index is -0.125. The van der Waals surface area contributed by atoms with E-state index in [1.165, 1.54) is 24.6 Å². The lowest BCUT2D eigenvalue weighted by atomic mass is 10.1. The van der Waals surface area contributed by atoms with Crippen molar-refractivity contribution in [3.05, 3.63) is 60.7 Å². The van der Waals surface area contributed by atoms with Crippen molar-refractivity contribution >= 4 is 40.3 Å². The Balaban J connectivity index is 1.21. The second-order valence-electron chi connectivity index (χ2n) is 7.34. The van der Waals surface area contributed by atoms with E-state index in [9.17, 15) is 4.79 Å². The number of aromatic nitrogens is 3. The summed E-state index contributed by atoms with van der Waals surface area (Å²) >= 11 is 1.27. The Morgan fingerprint density at radius 1 is 1.03 bits per heavy atom. The van der Waals surface area contributed by atoms with Crippen LogP contribution in [0.4, 0.5) is 11.5 Å². The Hall–Kier alpha value is -3.39. The van der Waals surface area contributed by atoms with Gasteiger partial charge in [0.2, 0.25) is 5.91 Å². The fourth-order valence-electron chi connectivity index (χ4n) is 3.59. The van der Waals surface area contributed by atoms with Crippen LogP contribution < -0.4 is 10.2 Å². The first-order valence-electron chi connectivity index (χ1n) is 10.2. The predicted molar refractivity (Wildman–Crippen MR) is 122 cm³/mol. The van der Waals surface area contributed by atoms with Crippen molar-refractivity contribution in [2.24, 2.45) is 0 Å². The van der Waals surface area contributed by atoms with Gasteiger partial charge < -0.3 is 14.6 Å². The van der Waals surface area contributed by atoms with Gasteiger partial charge in [0.05, 0.1) is 11.4 Å². The summed E-state index contributed by atoms with van der Waals surface area (Å²) in [5.74, 6) is 1.00. The quantitative estimate of drug-likeness (QED) is 0.446. The van der Waals surface area contributed by atoms with Gasteiger partial charge in [-0.3, -0.25) is 4.79 Å². The highest BCUT2D eigenvalue weighted by Gasteiger charge is 2.14. The first-order chi connectivity index (χ1) is 15.2. The van der Waals surface area contributed by atoms with E-state index in [0.717, 1.165) is 41.3 Å². The molecule has 2 aromatic heterocycles. The number of fused-ring (bicyclic) bond motifs is 1. The van der Waals surface area contributed by atoms with Gasteiger partial charge >= 0.3 is 0 Å². The maximum atomic E-state index is 12.4. The summed E-state index contributed by atoms with van der Waals surface area (Å²) < 4.78 is 5.65. The van der Waals surface area contributed by atoms with Crippen LogP contribution >= 0.6 is 11.8 Å². The molecule has 3 heterocycles.